The van der Waals surface area contributed by atoms with Gasteiger partial charge in [-0.2, -0.15) is 5.10 Å². The molecule has 156 valence electrons. The molecule has 3 N–H and O–H groups in total. The van der Waals surface area contributed by atoms with Gasteiger partial charge in [0.15, 0.2) is 5.84 Å². The van der Waals surface area contributed by atoms with E-state index in [0.29, 0.717) is 11.5 Å². The molecule has 7 nitrogen and oxygen atoms in total. The van der Waals surface area contributed by atoms with Gasteiger partial charge >= 0.3 is 6.09 Å². The minimum absolute atomic E-state index is 0.207. The molecule has 1 aromatic heterocycles. The van der Waals surface area contributed by atoms with Gasteiger partial charge in [0.05, 0.1) is 5.69 Å². The standard InChI is InChI=1S/C20H26FN5O2S/c1-19(2,3)28-18(27)26(15-8-7-14(17(22)29)24-25-15)12-20(9-5-10-20)16-13(21)6-4-11-23-16/h4,6-8,11,14,24H,5,9-10,12H2,1-3H3,(H2,22,29). The number of carbonyl (C=O) groups excluding carboxylic acids is 1. The molecule has 0 aromatic carbocycles. The minimum atomic E-state index is -0.688. The van der Waals surface area contributed by atoms with Gasteiger partial charge in [-0.3, -0.25) is 15.3 Å². The predicted octanol–water partition coefficient (Wildman–Crippen LogP) is 3.01. The Bertz CT molecular complexity index is 861. The van der Waals surface area contributed by atoms with Crippen LogP contribution in [0.15, 0.2) is 35.6 Å². The second-order valence-electron chi connectivity index (χ2n) is 8.37. The number of halogens is 1. The number of amides is 1. The van der Waals surface area contributed by atoms with Crippen LogP contribution in [-0.2, 0) is 10.2 Å². The number of ether oxygens (including phenoxy) is 1. The Kier molecular flexibility index (Phi) is 5.88. The van der Waals surface area contributed by atoms with Crippen molar-refractivity contribution in [1.82, 2.24) is 15.3 Å². The highest BCUT2D eigenvalue weighted by Crippen LogP contribution is 2.44. The van der Waals surface area contributed by atoms with Crippen LogP contribution in [0.5, 0.6) is 0 Å². The molecule has 29 heavy (non-hydrogen) atoms. The van der Waals surface area contributed by atoms with Gasteiger partial charge < -0.3 is 10.5 Å². The Hall–Kier alpha value is -2.55. The fraction of sp³-hybridized carbons (Fsp3) is 0.500. The van der Waals surface area contributed by atoms with Crippen LogP contribution in [0.25, 0.3) is 0 Å². The minimum Gasteiger partial charge on any atom is -0.443 e. The number of rotatable bonds is 4. The number of nitrogens with zero attached hydrogens (tertiary/aromatic N) is 3. The summed E-state index contributed by atoms with van der Waals surface area (Å²) in [5.74, 6) is -0.0153. The average molecular weight is 420 g/mol. The summed E-state index contributed by atoms with van der Waals surface area (Å²) in [6.45, 7) is 5.58. The van der Waals surface area contributed by atoms with Gasteiger partial charge in [-0.1, -0.05) is 24.7 Å². The van der Waals surface area contributed by atoms with E-state index in [4.69, 9.17) is 22.7 Å². The molecule has 1 fully saturated rings. The number of hydrogen-bond acceptors (Lipinski definition) is 6. The van der Waals surface area contributed by atoms with Crippen molar-refractivity contribution in [3.05, 3.63) is 42.0 Å². The molecule has 1 saturated carbocycles. The molecular weight excluding hydrogens is 393 g/mol. The predicted molar refractivity (Wildman–Crippen MR) is 113 cm³/mol. The van der Waals surface area contributed by atoms with E-state index in [0.717, 1.165) is 19.3 Å². The molecule has 2 heterocycles. The molecular formula is C20H26FN5O2S. The lowest BCUT2D eigenvalue weighted by Gasteiger charge is -2.44. The van der Waals surface area contributed by atoms with E-state index in [2.05, 4.69) is 15.5 Å². The number of nitrogens with two attached hydrogens (primary N) is 1. The number of thiocarbonyl (C=S) groups is 1. The zero-order valence-corrected chi connectivity index (χ0v) is 17.6. The normalized spacial score (nSPS) is 20.1. The zero-order chi connectivity index (χ0) is 21.2. The van der Waals surface area contributed by atoms with Crippen molar-refractivity contribution in [3.63, 3.8) is 0 Å². The highest BCUT2D eigenvalue weighted by atomic mass is 32.1. The highest BCUT2D eigenvalue weighted by molar-refractivity contribution is 7.80. The fourth-order valence-corrected chi connectivity index (χ4v) is 3.55. The van der Waals surface area contributed by atoms with Crippen LogP contribution >= 0.6 is 12.2 Å². The van der Waals surface area contributed by atoms with E-state index in [1.54, 1.807) is 45.2 Å². The Labute approximate surface area is 175 Å². The van der Waals surface area contributed by atoms with E-state index in [-0.39, 0.29) is 23.4 Å². The molecule has 0 spiro atoms. The summed E-state index contributed by atoms with van der Waals surface area (Å²) < 4.78 is 20.1. The Morgan fingerprint density at radius 3 is 2.69 bits per heavy atom. The Balaban J connectivity index is 1.91. The van der Waals surface area contributed by atoms with Gasteiger partial charge in [-0.15, -0.1) is 0 Å². The summed E-state index contributed by atoms with van der Waals surface area (Å²) in [7, 11) is 0. The third-order valence-corrected chi connectivity index (χ3v) is 5.24. The van der Waals surface area contributed by atoms with E-state index >= 15 is 0 Å². The van der Waals surface area contributed by atoms with Crippen molar-refractivity contribution >= 4 is 29.1 Å². The molecule has 2 aliphatic rings. The quantitative estimate of drug-likeness (QED) is 0.729. The molecule has 3 rings (SSSR count). The van der Waals surface area contributed by atoms with Crippen molar-refractivity contribution in [3.8, 4) is 0 Å². The molecule has 1 aliphatic carbocycles. The smallest absolute Gasteiger partial charge is 0.416 e. The van der Waals surface area contributed by atoms with Crippen molar-refractivity contribution in [1.29, 1.82) is 0 Å². The summed E-state index contributed by atoms with van der Waals surface area (Å²) in [5.41, 5.74) is 7.58. The van der Waals surface area contributed by atoms with Gasteiger partial charge in [-0.25, -0.2) is 9.18 Å². The first-order valence-electron chi connectivity index (χ1n) is 9.54. The monoisotopic (exact) mass is 419 g/mol. The Morgan fingerprint density at radius 1 is 1.48 bits per heavy atom. The first-order valence-corrected chi connectivity index (χ1v) is 9.94. The van der Waals surface area contributed by atoms with Gasteiger partial charge in [0.2, 0.25) is 0 Å². The maximum atomic E-state index is 14.5. The molecule has 0 bridgehead atoms. The Morgan fingerprint density at radius 2 is 2.21 bits per heavy atom. The fourth-order valence-electron chi connectivity index (χ4n) is 3.42. The number of carbonyl (C=O) groups is 1. The molecule has 1 amide bonds. The molecule has 1 aromatic rings. The second kappa shape index (κ2) is 8.06. The second-order valence-corrected chi connectivity index (χ2v) is 8.84. The van der Waals surface area contributed by atoms with Crippen LogP contribution in [0.3, 0.4) is 0 Å². The van der Waals surface area contributed by atoms with Gasteiger partial charge in [0, 0.05) is 18.2 Å². The van der Waals surface area contributed by atoms with Crippen molar-refractivity contribution < 1.29 is 13.9 Å². The highest BCUT2D eigenvalue weighted by Gasteiger charge is 2.45. The van der Waals surface area contributed by atoms with Crippen LogP contribution < -0.4 is 11.2 Å². The van der Waals surface area contributed by atoms with E-state index in [1.807, 2.05) is 0 Å². The molecule has 0 radical (unpaired) electrons. The van der Waals surface area contributed by atoms with Crippen LogP contribution in [0.1, 0.15) is 45.7 Å². The van der Waals surface area contributed by atoms with Crippen molar-refractivity contribution in [2.24, 2.45) is 10.8 Å². The number of aromatic nitrogens is 1. The number of pyridine rings is 1. The molecule has 0 saturated heterocycles. The molecule has 1 atom stereocenters. The molecule has 1 unspecified atom stereocenters. The first kappa shape index (κ1) is 21.2. The van der Waals surface area contributed by atoms with Crippen LogP contribution in [0.2, 0.25) is 0 Å². The summed E-state index contributed by atoms with van der Waals surface area (Å²) in [6.07, 6.45) is 6.80. The maximum Gasteiger partial charge on any atom is 0.416 e. The van der Waals surface area contributed by atoms with Crippen molar-refractivity contribution in [2.45, 2.75) is 57.1 Å². The topological polar surface area (TPSA) is 92.8 Å². The SMILES string of the molecule is CC(C)(C)OC(=O)N(CC1(c2ncccc2F)CCC1)C1=NNC(C(N)=S)C=C1. The van der Waals surface area contributed by atoms with Crippen LogP contribution in [0.4, 0.5) is 9.18 Å². The number of nitrogens with one attached hydrogen (secondary N) is 1. The number of hydrazone groups is 1. The number of amidine groups is 1. The number of hydrogen-bond donors (Lipinski definition) is 2. The van der Waals surface area contributed by atoms with Crippen LogP contribution in [-0.4, -0.2) is 45.0 Å². The third kappa shape index (κ3) is 4.72. The lowest BCUT2D eigenvalue weighted by molar-refractivity contribution is 0.0300. The summed E-state index contributed by atoms with van der Waals surface area (Å²) >= 11 is 4.98. The summed E-state index contributed by atoms with van der Waals surface area (Å²) in [4.78, 5) is 19.0. The molecule has 1 aliphatic heterocycles. The lowest BCUT2D eigenvalue weighted by atomic mass is 9.66. The largest absolute Gasteiger partial charge is 0.443 e. The lowest BCUT2D eigenvalue weighted by Crippen LogP contribution is -2.53. The van der Waals surface area contributed by atoms with Crippen LogP contribution in [0, 0.1) is 5.82 Å². The maximum absolute atomic E-state index is 14.5. The third-order valence-electron chi connectivity index (χ3n) is 4.99. The van der Waals surface area contributed by atoms with Gasteiger partial charge in [0.25, 0.3) is 0 Å². The van der Waals surface area contributed by atoms with E-state index in [9.17, 15) is 9.18 Å². The summed E-state index contributed by atoms with van der Waals surface area (Å²) in [5, 5.41) is 4.27. The zero-order valence-electron chi connectivity index (χ0n) is 16.8. The van der Waals surface area contributed by atoms with Gasteiger partial charge in [-0.05, 0) is 51.8 Å². The van der Waals surface area contributed by atoms with E-state index < -0.39 is 17.1 Å². The van der Waals surface area contributed by atoms with Crippen molar-refractivity contribution in [2.75, 3.05) is 6.54 Å². The average Bonchev–Trinajstić information content (AvgIpc) is 2.61. The first-order chi connectivity index (χ1) is 13.6. The van der Waals surface area contributed by atoms with E-state index in [1.165, 1.54) is 11.0 Å². The summed E-state index contributed by atoms with van der Waals surface area (Å²) in [6, 6.07) is 2.57. The van der Waals surface area contributed by atoms with Gasteiger partial charge in [0.1, 0.15) is 22.4 Å². The molecule has 9 heteroatoms.